The van der Waals surface area contributed by atoms with Crippen molar-refractivity contribution in [3.63, 3.8) is 0 Å². The molecule has 2 N–H and O–H groups in total. The Balaban J connectivity index is 1.52. The molecule has 0 aliphatic carbocycles. The van der Waals surface area contributed by atoms with Crippen molar-refractivity contribution in [2.75, 3.05) is 11.9 Å². The standard InChI is InChI=1S/C20H21NO4/c1-12-5-7-17-13(11-12)6-8-18(25-17)20(23)21-15-4-2-3-14-16(22)9-10-24-19(14)15/h2-5,7,11,16,18,22H,6,8-10H2,1H3,(H,21,23). The SMILES string of the molecule is Cc1ccc2c(c1)CCC(C(=O)Nc1cccc3c1OCCC3O)O2. The summed E-state index contributed by atoms with van der Waals surface area (Å²) in [6.45, 7) is 2.49. The highest BCUT2D eigenvalue weighted by molar-refractivity contribution is 5.96. The second-order valence-corrected chi connectivity index (χ2v) is 6.62. The first-order valence-corrected chi connectivity index (χ1v) is 8.62. The van der Waals surface area contributed by atoms with Gasteiger partial charge in [0.05, 0.1) is 18.4 Å². The van der Waals surface area contributed by atoms with Crippen LogP contribution in [0.25, 0.3) is 0 Å². The Morgan fingerprint density at radius 2 is 2.12 bits per heavy atom. The Morgan fingerprint density at radius 3 is 3.00 bits per heavy atom. The maximum atomic E-state index is 12.7. The van der Waals surface area contributed by atoms with Gasteiger partial charge in [0.1, 0.15) is 11.5 Å². The summed E-state index contributed by atoms with van der Waals surface area (Å²) in [5.41, 5.74) is 3.64. The van der Waals surface area contributed by atoms with Gasteiger partial charge in [-0.1, -0.05) is 29.8 Å². The number of amides is 1. The lowest BCUT2D eigenvalue weighted by atomic mass is 9.99. The number of ether oxygens (including phenoxy) is 2. The van der Waals surface area contributed by atoms with Crippen molar-refractivity contribution < 1.29 is 19.4 Å². The van der Waals surface area contributed by atoms with Gasteiger partial charge in [0.15, 0.2) is 6.10 Å². The van der Waals surface area contributed by atoms with E-state index in [2.05, 4.69) is 11.4 Å². The van der Waals surface area contributed by atoms with Crippen LogP contribution in [0.4, 0.5) is 5.69 Å². The Bertz CT molecular complexity index is 817. The molecular formula is C20H21NO4. The van der Waals surface area contributed by atoms with Crippen LogP contribution in [0.1, 0.15) is 35.6 Å². The lowest BCUT2D eigenvalue weighted by Crippen LogP contribution is -2.36. The predicted octanol–water partition coefficient (Wildman–Crippen LogP) is 3.14. The molecule has 2 heterocycles. The second-order valence-electron chi connectivity index (χ2n) is 6.62. The first-order valence-electron chi connectivity index (χ1n) is 8.62. The third-order valence-electron chi connectivity index (χ3n) is 4.75. The van der Waals surface area contributed by atoms with Crippen molar-refractivity contribution in [2.45, 2.75) is 38.4 Å². The third-order valence-corrected chi connectivity index (χ3v) is 4.75. The minimum atomic E-state index is -0.554. The number of carbonyl (C=O) groups is 1. The first-order chi connectivity index (χ1) is 12.1. The van der Waals surface area contributed by atoms with Crippen LogP contribution in [-0.4, -0.2) is 23.7 Å². The molecule has 130 valence electrons. The van der Waals surface area contributed by atoms with Gasteiger partial charge in [-0.3, -0.25) is 4.79 Å². The average Bonchev–Trinajstić information content (AvgIpc) is 2.62. The van der Waals surface area contributed by atoms with E-state index in [0.717, 1.165) is 23.3 Å². The van der Waals surface area contributed by atoms with Gasteiger partial charge in [0.25, 0.3) is 5.91 Å². The van der Waals surface area contributed by atoms with Crippen LogP contribution in [0.2, 0.25) is 0 Å². The van der Waals surface area contributed by atoms with Crippen LogP contribution >= 0.6 is 0 Å². The van der Waals surface area contributed by atoms with Gasteiger partial charge in [0.2, 0.25) is 0 Å². The first kappa shape index (κ1) is 16.0. The summed E-state index contributed by atoms with van der Waals surface area (Å²) in [5, 5.41) is 13.0. The number of aliphatic hydroxyl groups excluding tert-OH is 1. The molecule has 1 amide bonds. The second kappa shape index (κ2) is 6.41. The van der Waals surface area contributed by atoms with E-state index in [1.165, 1.54) is 5.56 Å². The van der Waals surface area contributed by atoms with Gasteiger partial charge < -0.3 is 19.9 Å². The molecule has 0 bridgehead atoms. The predicted molar refractivity (Wildman–Crippen MR) is 94.1 cm³/mol. The number of benzene rings is 2. The van der Waals surface area contributed by atoms with Crippen molar-refractivity contribution in [1.82, 2.24) is 0 Å². The van der Waals surface area contributed by atoms with Crippen molar-refractivity contribution in [2.24, 2.45) is 0 Å². The van der Waals surface area contributed by atoms with Crippen LogP contribution in [0.15, 0.2) is 36.4 Å². The van der Waals surface area contributed by atoms with Gasteiger partial charge >= 0.3 is 0 Å². The molecule has 4 rings (SSSR count). The highest BCUT2D eigenvalue weighted by atomic mass is 16.5. The number of hydrogen-bond acceptors (Lipinski definition) is 4. The summed E-state index contributed by atoms with van der Waals surface area (Å²) < 4.78 is 11.6. The molecule has 2 aromatic carbocycles. The number of aliphatic hydroxyl groups is 1. The van der Waals surface area contributed by atoms with Gasteiger partial charge in [0, 0.05) is 12.0 Å². The Morgan fingerprint density at radius 1 is 1.24 bits per heavy atom. The molecule has 5 nitrogen and oxygen atoms in total. The number of hydrogen-bond donors (Lipinski definition) is 2. The van der Waals surface area contributed by atoms with Crippen LogP contribution < -0.4 is 14.8 Å². The number of anilines is 1. The van der Waals surface area contributed by atoms with E-state index < -0.39 is 12.2 Å². The smallest absolute Gasteiger partial charge is 0.265 e. The number of carbonyl (C=O) groups excluding carboxylic acids is 1. The summed E-state index contributed by atoms with van der Waals surface area (Å²) in [7, 11) is 0. The molecule has 5 heteroatoms. The molecule has 25 heavy (non-hydrogen) atoms. The van der Waals surface area contributed by atoms with E-state index >= 15 is 0 Å². The van der Waals surface area contributed by atoms with Crippen LogP contribution in [0, 0.1) is 6.92 Å². The molecular weight excluding hydrogens is 318 g/mol. The Kier molecular flexibility index (Phi) is 4.09. The number of aryl methyl sites for hydroxylation is 2. The zero-order valence-corrected chi connectivity index (χ0v) is 14.1. The van der Waals surface area contributed by atoms with Crippen molar-refractivity contribution in [3.05, 3.63) is 53.1 Å². The lowest BCUT2D eigenvalue weighted by Gasteiger charge is -2.27. The molecule has 0 saturated heterocycles. The molecule has 2 aliphatic heterocycles. The van der Waals surface area contributed by atoms with E-state index in [9.17, 15) is 9.90 Å². The van der Waals surface area contributed by atoms with E-state index in [0.29, 0.717) is 30.9 Å². The summed E-state index contributed by atoms with van der Waals surface area (Å²) in [4.78, 5) is 12.7. The molecule has 0 aromatic heterocycles. The van der Waals surface area contributed by atoms with E-state index in [4.69, 9.17) is 9.47 Å². The van der Waals surface area contributed by atoms with E-state index in [1.807, 2.05) is 31.2 Å². The summed E-state index contributed by atoms with van der Waals surface area (Å²) in [6.07, 6.45) is 0.936. The van der Waals surface area contributed by atoms with Crippen LogP contribution in [-0.2, 0) is 11.2 Å². The highest BCUT2D eigenvalue weighted by Gasteiger charge is 2.28. The van der Waals surface area contributed by atoms with Crippen molar-refractivity contribution in [1.29, 1.82) is 0 Å². The molecule has 0 saturated carbocycles. The maximum Gasteiger partial charge on any atom is 0.265 e. The molecule has 2 aliphatic rings. The highest BCUT2D eigenvalue weighted by Crippen LogP contribution is 2.38. The largest absolute Gasteiger partial charge is 0.491 e. The van der Waals surface area contributed by atoms with E-state index in [-0.39, 0.29) is 5.91 Å². The quantitative estimate of drug-likeness (QED) is 0.882. The van der Waals surface area contributed by atoms with Gasteiger partial charge in [-0.05, 0) is 37.5 Å². The van der Waals surface area contributed by atoms with Crippen molar-refractivity contribution in [3.8, 4) is 11.5 Å². The number of nitrogens with one attached hydrogen (secondary N) is 1. The Hall–Kier alpha value is -2.53. The molecule has 2 unspecified atom stereocenters. The minimum Gasteiger partial charge on any atom is -0.491 e. The third kappa shape index (κ3) is 3.07. The van der Waals surface area contributed by atoms with Crippen molar-refractivity contribution >= 4 is 11.6 Å². The zero-order chi connectivity index (χ0) is 17.4. The molecule has 2 aromatic rings. The maximum absolute atomic E-state index is 12.7. The van der Waals surface area contributed by atoms with Gasteiger partial charge in [-0.25, -0.2) is 0 Å². The normalized spacial score (nSPS) is 21.4. The number of fused-ring (bicyclic) bond motifs is 2. The lowest BCUT2D eigenvalue weighted by molar-refractivity contribution is -0.123. The minimum absolute atomic E-state index is 0.191. The zero-order valence-electron chi connectivity index (χ0n) is 14.1. The summed E-state index contributed by atoms with van der Waals surface area (Å²) in [6, 6.07) is 11.4. The summed E-state index contributed by atoms with van der Waals surface area (Å²) >= 11 is 0. The Labute approximate surface area is 146 Å². The average molecular weight is 339 g/mol. The fraction of sp³-hybridized carbons (Fsp3) is 0.350. The molecule has 0 radical (unpaired) electrons. The van der Waals surface area contributed by atoms with Crippen LogP contribution in [0.3, 0.4) is 0 Å². The van der Waals surface area contributed by atoms with Gasteiger partial charge in [-0.2, -0.15) is 0 Å². The monoisotopic (exact) mass is 339 g/mol. The topological polar surface area (TPSA) is 67.8 Å². The number of rotatable bonds is 2. The number of para-hydroxylation sites is 1. The molecule has 0 spiro atoms. The van der Waals surface area contributed by atoms with Gasteiger partial charge in [-0.15, -0.1) is 0 Å². The fourth-order valence-corrected chi connectivity index (χ4v) is 3.42. The molecule has 2 atom stereocenters. The molecule has 0 fully saturated rings. The van der Waals surface area contributed by atoms with Crippen LogP contribution in [0.5, 0.6) is 11.5 Å². The fourth-order valence-electron chi connectivity index (χ4n) is 3.42. The summed E-state index contributed by atoms with van der Waals surface area (Å²) in [5.74, 6) is 1.14. The van der Waals surface area contributed by atoms with E-state index in [1.54, 1.807) is 6.07 Å².